The number of ether oxygens (including phenoxy) is 2. The quantitative estimate of drug-likeness (QED) is 0.617. The molecule has 1 heterocycles. The van der Waals surface area contributed by atoms with E-state index < -0.39 is 0 Å². The summed E-state index contributed by atoms with van der Waals surface area (Å²) in [5.41, 5.74) is 4.20. The maximum absolute atomic E-state index is 12.4. The van der Waals surface area contributed by atoms with E-state index in [4.69, 9.17) is 9.47 Å². The van der Waals surface area contributed by atoms with Crippen LogP contribution in [0, 0.1) is 13.8 Å². The van der Waals surface area contributed by atoms with Gasteiger partial charge in [-0.2, -0.15) is 0 Å². The fraction of sp³-hybridized carbons (Fsp3) is 0.208. The molecule has 1 N–H and O–H groups in total. The molecule has 29 heavy (non-hydrogen) atoms. The second-order valence-electron chi connectivity index (χ2n) is 7.10. The van der Waals surface area contributed by atoms with Gasteiger partial charge in [-0.15, -0.1) is 0 Å². The van der Waals surface area contributed by atoms with Gasteiger partial charge in [0.15, 0.2) is 11.5 Å². The van der Waals surface area contributed by atoms with Crippen LogP contribution in [0.2, 0.25) is 0 Å². The fourth-order valence-electron chi connectivity index (χ4n) is 3.14. The number of anilines is 1. The van der Waals surface area contributed by atoms with Gasteiger partial charge in [-0.05, 0) is 73.0 Å². The van der Waals surface area contributed by atoms with Gasteiger partial charge in [-0.3, -0.25) is 4.79 Å². The lowest BCUT2D eigenvalue weighted by Crippen LogP contribution is -2.17. The molecule has 4 nitrogen and oxygen atoms in total. The van der Waals surface area contributed by atoms with E-state index in [1.807, 2.05) is 42.5 Å². The van der Waals surface area contributed by atoms with Crippen LogP contribution in [0.15, 0.2) is 70.5 Å². The summed E-state index contributed by atoms with van der Waals surface area (Å²) >= 11 is 1.73. The zero-order chi connectivity index (χ0) is 20.2. The Morgan fingerprint density at radius 1 is 0.931 bits per heavy atom. The van der Waals surface area contributed by atoms with Gasteiger partial charge in [0.25, 0.3) is 0 Å². The SMILES string of the molecule is Cc1ccc(C)c(Sc2ccc(NC(=O)Cc3ccc4c(c3)OCCO4)cc2)c1. The van der Waals surface area contributed by atoms with Crippen molar-refractivity contribution in [1.29, 1.82) is 0 Å². The van der Waals surface area contributed by atoms with Crippen LogP contribution in [0.25, 0.3) is 0 Å². The molecule has 0 saturated heterocycles. The molecule has 0 bridgehead atoms. The van der Waals surface area contributed by atoms with Crippen LogP contribution in [0.1, 0.15) is 16.7 Å². The van der Waals surface area contributed by atoms with Crippen molar-refractivity contribution < 1.29 is 14.3 Å². The highest BCUT2D eigenvalue weighted by molar-refractivity contribution is 7.99. The average Bonchev–Trinajstić information content (AvgIpc) is 2.72. The molecule has 1 amide bonds. The summed E-state index contributed by atoms with van der Waals surface area (Å²) in [4.78, 5) is 14.8. The summed E-state index contributed by atoms with van der Waals surface area (Å²) in [5.74, 6) is 1.38. The summed E-state index contributed by atoms with van der Waals surface area (Å²) in [6.45, 7) is 5.32. The van der Waals surface area contributed by atoms with Gasteiger partial charge in [0.2, 0.25) is 5.91 Å². The highest BCUT2D eigenvalue weighted by Crippen LogP contribution is 2.32. The molecule has 0 radical (unpaired) electrons. The lowest BCUT2D eigenvalue weighted by atomic mass is 10.1. The maximum Gasteiger partial charge on any atom is 0.228 e. The Kier molecular flexibility index (Phi) is 5.76. The Hall–Kier alpha value is -2.92. The summed E-state index contributed by atoms with van der Waals surface area (Å²) in [5, 5.41) is 2.96. The third-order valence-electron chi connectivity index (χ3n) is 4.68. The Morgan fingerprint density at radius 3 is 2.48 bits per heavy atom. The van der Waals surface area contributed by atoms with Crippen molar-refractivity contribution in [3.63, 3.8) is 0 Å². The highest BCUT2D eigenvalue weighted by Gasteiger charge is 2.13. The summed E-state index contributed by atoms with van der Waals surface area (Å²) in [7, 11) is 0. The number of hydrogen-bond donors (Lipinski definition) is 1. The van der Waals surface area contributed by atoms with Gasteiger partial charge in [0.1, 0.15) is 13.2 Å². The molecule has 3 aromatic carbocycles. The number of carbonyl (C=O) groups is 1. The van der Waals surface area contributed by atoms with Gasteiger partial charge >= 0.3 is 0 Å². The maximum atomic E-state index is 12.4. The molecule has 0 unspecified atom stereocenters. The number of carbonyl (C=O) groups excluding carboxylic acids is 1. The monoisotopic (exact) mass is 405 g/mol. The van der Waals surface area contributed by atoms with Crippen molar-refractivity contribution in [2.24, 2.45) is 0 Å². The summed E-state index contributed by atoms with van der Waals surface area (Å²) in [6.07, 6.45) is 0.287. The Morgan fingerprint density at radius 2 is 1.69 bits per heavy atom. The van der Waals surface area contributed by atoms with E-state index >= 15 is 0 Å². The first-order valence-electron chi connectivity index (χ1n) is 9.60. The highest BCUT2D eigenvalue weighted by atomic mass is 32.2. The number of hydrogen-bond acceptors (Lipinski definition) is 4. The normalized spacial score (nSPS) is 12.5. The van der Waals surface area contributed by atoms with E-state index in [1.54, 1.807) is 11.8 Å². The minimum atomic E-state index is -0.0587. The van der Waals surface area contributed by atoms with Crippen LogP contribution >= 0.6 is 11.8 Å². The number of rotatable bonds is 5. The van der Waals surface area contributed by atoms with Gasteiger partial charge in [-0.25, -0.2) is 0 Å². The molecule has 0 spiro atoms. The number of amides is 1. The minimum absolute atomic E-state index is 0.0587. The Bertz CT molecular complexity index is 1030. The second kappa shape index (κ2) is 8.62. The zero-order valence-corrected chi connectivity index (χ0v) is 17.3. The van der Waals surface area contributed by atoms with Crippen LogP contribution < -0.4 is 14.8 Å². The van der Waals surface area contributed by atoms with Crippen LogP contribution in [0.3, 0.4) is 0 Å². The molecule has 0 saturated carbocycles. The molecular formula is C24H23NO3S. The molecule has 0 atom stereocenters. The number of fused-ring (bicyclic) bond motifs is 1. The predicted molar refractivity (Wildman–Crippen MR) is 116 cm³/mol. The van der Waals surface area contributed by atoms with Gasteiger partial charge in [-0.1, -0.05) is 30.0 Å². The largest absolute Gasteiger partial charge is 0.486 e. The molecule has 4 rings (SSSR count). The smallest absolute Gasteiger partial charge is 0.228 e. The van der Waals surface area contributed by atoms with Crippen LogP contribution in [0.4, 0.5) is 5.69 Å². The van der Waals surface area contributed by atoms with Gasteiger partial charge < -0.3 is 14.8 Å². The molecule has 5 heteroatoms. The molecule has 1 aliphatic rings. The molecule has 0 aliphatic carbocycles. The zero-order valence-electron chi connectivity index (χ0n) is 16.5. The molecule has 0 aromatic heterocycles. The van der Waals surface area contributed by atoms with Gasteiger partial charge in [0.05, 0.1) is 6.42 Å². The van der Waals surface area contributed by atoms with E-state index in [9.17, 15) is 4.79 Å². The van der Waals surface area contributed by atoms with Crippen molar-refractivity contribution in [1.82, 2.24) is 0 Å². The number of benzene rings is 3. The molecule has 148 valence electrons. The van der Waals surface area contributed by atoms with Crippen LogP contribution in [0.5, 0.6) is 11.5 Å². The molecular weight excluding hydrogens is 382 g/mol. The summed E-state index contributed by atoms with van der Waals surface area (Å²) in [6, 6.07) is 20.0. The first kappa shape index (κ1) is 19.4. The van der Waals surface area contributed by atoms with Crippen LogP contribution in [-0.4, -0.2) is 19.1 Å². The van der Waals surface area contributed by atoms with E-state index in [-0.39, 0.29) is 12.3 Å². The molecule has 1 aliphatic heterocycles. The standard InChI is InChI=1S/C24H23NO3S/c1-16-3-4-17(2)23(13-16)29-20-8-6-19(7-9-20)25-24(26)15-18-5-10-21-22(14-18)28-12-11-27-21/h3-10,13-14H,11-12,15H2,1-2H3,(H,25,26). The fourth-order valence-corrected chi connectivity index (χ4v) is 4.14. The predicted octanol–water partition coefficient (Wildman–Crippen LogP) is 5.41. The second-order valence-corrected chi connectivity index (χ2v) is 8.21. The van der Waals surface area contributed by atoms with Crippen LogP contribution in [-0.2, 0) is 11.2 Å². The van der Waals surface area contributed by atoms with E-state index in [2.05, 4.69) is 37.4 Å². The van der Waals surface area contributed by atoms with Crippen molar-refractivity contribution >= 4 is 23.4 Å². The average molecular weight is 406 g/mol. The Labute approximate surface area is 175 Å². The third-order valence-corrected chi connectivity index (χ3v) is 5.85. The Balaban J connectivity index is 1.37. The minimum Gasteiger partial charge on any atom is -0.486 e. The first-order chi connectivity index (χ1) is 14.1. The third kappa shape index (κ3) is 4.93. The molecule has 0 fully saturated rings. The lowest BCUT2D eigenvalue weighted by Gasteiger charge is -2.18. The number of nitrogens with one attached hydrogen (secondary N) is 1. The number of aryl methyl sites for hydroxylation is 2. The van der Waals surface area contributed by atoms with Gasteiger partial charge in [0, 0.05) is 15.5 Å². The van der Waals surface area contributed by atoms with E-state index in [0.29, 0.717) is 19.0 Å². The van der Waals surface area contributed by atoms with E-state index in [0.717, 1.165) is 21.9 Å². The first-order valence-corrected chi connectivity index (χ1v) is 10.4. The molecule has 3 aromatic rings. The summed E-state index contributed by atoms with van der Waals surface area (Å²) < 4.78 is 11.1. The van der Waals surface area contributed by atoms with Crippen molar-refractivity contribution in [2.45, 2.75) is 30.1 Å². The topological polar surface area (TPSA) is 47.6 Å². The van der Waals surface area contributed by atoms with Crippen molar-refractivity contribution in [3.05, 3.63) is 77.4 Å². The van der Waals surface area contributed by atoms with Crippen molar-refractivity contribution in [2.75, 3.05) is 18.5 Å². The van der Waals surface area contributed by atoms with E-state index in [1.165, 1.54) is 16.0 Å². The van der Waals surface area contributed by atoms with Crippen molar-refractivity contribution in [3.8, 4) is 11.5 Å². The lowest BCUT2D eigenvalue weighted by molar-refractivity contribution is -0.115.